The van der Waals surface area contributed by atoms with Crippen LogP contribution in [0.4, 0.5) is 27.2 Å². The fraction of sp³-hybridized carbons (Fsp3) is 0.514. The topological polar surface area (TPSA) is 74.8 Å². The Labute approximate surface area is 279 Å². The van der Waals surface area contributed by atoms with Gasteiger partial charge in [0.25, 0.3) is 0 Å². The van der Waals surface area contributed by atoms with Crippen molar-refractivity contribution in [3.05, 3.63) is 60.2 Å². The van der Waals surface area contributed by atoms with Crippen molar-refractivity contribution < 1.29 is 4.43 Å². The number of thiazole rings is 1. The molecule has 2 aromatic heterocycles. The van der Waals surface area contributed by atoms with Crippen LogP contribution in [0.15, 0.2) is 75.1 Å². The zero-order valence-corrected chi connectivity index (χ0v) is 30.4. The quantitative estimate of drug-likeness (QED) is 0.0698. The van der Waals surface area contributed by atoms with Gasteiger partial charge < -0.3 is 9.33 Å². The zero-order chi connectivity index (χ0) is 31.9. The van der Waals surface area contributed by atoms with Crippen molar-refractivity contribution in [2.75, 3.05) is 24.6 Å². The van der Waals surface area contributed by atoms with E-state index < -0.39 is 8.32 Å². The van der Waals surface area contributed by atoms with Crippen molar-refractivity contribution in [1.29, 1.82) is 0 Å². The molecule has 0 bridgehead atoms. The third kappa shape index (κ3) is 10.6. The smallest absolute Gasteiger partial charge is 0.231 e. The van der Waals surface area contributed by atoms with E-state index in [1.807, 2.05) is 18.2 Å². The first-order valence-corrected chi connectivity index (χ1v) is 21.0. The molecule has 0 fully saturated rings. The number of hydrogen-bond acceptors (Lipinski definition) is 9. The van der Waals surface area contributed by atoms with Crippen molar-refractivity contribution in [3.63, 3.8) is 0 Å². The van der Waals surface area contributed by atoms with Gasteiger partial charge in [0.15, 0.2) is 8.32 Å². The van der Waals surface area contributed by atoms with Crippen molar-refractivity contribution in [3.8, 4) is 0 Å². The van der Waals surface area contributed by atoms with Crippen LogP contribution in [-0.4, -0.2) is 33.0 Å². The van der Waals surface area contributed by atoms with Gasteiger partial charge in [-0.3, -0.25) is 0 Å². The maximum atomic E-state index is 6.84. The summed E-state index contributed by atoms with van der Waals surface area (Å²) in [5.41, 5.74) is 4.16. The second-order valence-electron chi connectivity index (χ2n) is 11.6. The first-order chi connectivity index (χ1) is 22.0. The highest BCUT2D eigenvalue weighted by molar-refractivity contribution is 7.30. The number of fused-ring (bicyclic) bond motifs is 1. The van der Waals surface area contributed by atoms with Crippen LogP contribution in [0.1, 0.15) is 78.7 Å². The monoisotopic (exact) mass is 662 g/mol. The van der Waals surface area contributed by atoms with E-state index >= 15 is 0 Å². The van der Waals surface area contributed by atoms with E-state index in [1.165, 1.54) is 90.6 Å². The van der Waals surface area contributed by atoms with Crippen molar-refractivity contribution in [1.82, 2.24) is 4.98 Å². The third-order valence-electron chi connectivity index (χ3n) is 8.25. The van der Waals surface area contributed by atoms with E-state index in [4.69, 9.17) is 4.43 Å². The van der Waals surface area contributed by atoms with Crippen LogP contribution >= 0.6 is 22.7 Å². The van der Waals surface area contributed by atoms with Gasteiger partial charge in [0.2, 0.25) is 5.13 Å². The molecule has 0 unspecified atom stereocenters. The Balaban J connectivity index is 1.30. The summed E-state index contributed by atoms with van der Waals surface area (Å²) in [6.07, 6.45) is 8.63. The average Bonchev–Trinajstić information content (AvgIpc) is 3.64. The van der Waals surface area contributed by atoms with Crippen LogP contribution in [-0.2, 0) is 10.8 Å². The largest absolute Gasteiger partial charge is 0.416 e. The van der Waals surface area contributed by atoms with Crippen molar-refractivity contribution in [2.45, 2.75) is 97.7 Å². The fourth-order valence-corrected chi connectivity index (χ4v) is 12.1. The standard InChI is InChI=1S/C35H50N6OS2Si/c1-6-11-24-45(25-12-7-2,26-13-8-3)42-23-22-28-14-16-29(17-15-28)37-39-33-27-32-34(44-33)36-35(43-32)40-38-30-18-20-31(21-19-30)41(9-4)10-5/h14-21,27H,6-13,22-26H2,1-5H3. The minimum Gasteiger partial charge on any atom is -0.416 e. The predicted molar refractivity (Wildman–Crippen MR) is 197 cm³/mol. The number of thiophene rings is 1. The molecule has 4 aromatic rings. The van der Waals surface area contributed by atoms with Gasteiger partial charge >= 0.3 is 0 Å². The molecule has 0 amide bonds. The summed E-state index contributed by atoms with van der Waals surface area (Å²) in [7, 11) is -1.66. The summed E-state index contributed by atoms with van der Waals surface area (Å²) in [6.45, 7) is 14.0. The Hall–Kier alpha value is -2.79. The van der Waals surface area contributed by atoms with Gasteiger partial charge in [-0.25, -0.2) is 4.98 Å². The summed E-state index contributed by atoms with van der Waals surface area (Å²) < 4.78 is 7.89. The van der Waals surface area contributed by atoms with Crippen LogP contribution in [0, 0.1) is 0 Å². The Kier molecular flexibility index (Phi) is 14.3. The Morgan fingerprint density at radius 2 is 1.29 bits per heavy atom. The number of azo groups is 2. The molecule has 4 rings (SSSR count). The number of unbranched alkanes of at least 4 members (excludes halogenated alkanes) is 3. The molecule has 0 radical (unpaired) electrons. The van der Waals surface area contributed by atoms with Crippen LogP contribution in [0.5, 0.6) is 0 Å². The lowest BCUT2D eigenvalue weighted by Crippen LogP contribution is -2.38. The van der Waals surface area contributed by atoms with E-state index in [1.54, 1.807) is 0 Å². The van der Waals surface area contributed by atoms with Gasteiger partial charge in [-0.05, 0) is 86.4 Å². The number of rotatable bonds is 20. The molecule has 0 N–H and O–H groups in total. The molecule has 2 heterocycles. The Bertz CT molecular complexity index is 1430. The van der Waals surface area contributed by atoms with Gasteiger partial charge in [0.05, 0.1) is 16.1 Å². The average molecular weight is 663 g/mol. The second kappa shape index (κ2) is 18.4. The number of nitrogens with zero attached hydrogens (tertiary/aromatic N) is 6. The Morgan fingerprint density at radius 3 is 1.84 bits per heavy atom. The predicted octanol–water partition coefficient (Wildman–Crippen LogP) is 12.9. The van der Waals surface area contributed by atoms with Crippen molar-refractivity contribution >= 4 is 67.7 Å². The summed E-state index contributed by atoms with van der Waals surface area (Å²) in [5.74, 6) is 0. The third-order valence-corrected chi connectivity index (χ3v) is 14.8. The highest BCUT2D eigenvalue weighted by atomic mass is 32.1. The molecular formula is C35H50N6OS2Si. The summed E-state index contributed by atoms with van der Waals surface area (Å²) in [6, 6.07) is 22.6. The molecule has 7 nitrogen and oxygen atoms in total. The fourth-order valence-electron chi connectivity index (χ4n) is 5.53. The number of anilines is 1. The summed E-state index contributed by atoms with van der Waals surface area (Å²) >= 11 is 3.04. The van der Waals surface area contributed by atoms with Gasteiger partial charge in [-0.15, -0.1) is 20.5 Å². The van der Waals surface area contributed by atoms with E-state index in [0.29, 0.717) is 5.13 Å². The molecule has 0 aliphatic rings. The molecule has 0 aliphatic carbocycles. The maximum Gasteiger partial charge on any atom is 0.231 e. The number of hydrogen-bond donors (Lipinski definition) is 0. The van der Waals surface area contributed by atoms with E-state index in [9.17, 15) is 0 Å². The van der Waals surface area contributed by atoms with Crippen LogP contribution in [0.3, 0.4) is 0 Å². The molecule has 45 heavy (non-hydrogen) atoms. The van der Waals surface area contributed by atoms with E-state index in [-0.39, 0.29) is 0 Å². The Morgan fingerprint density at radius 1 is 0.711 bits per heavy atom. The molecule has 242 valence electrons. The van der Waals surface area contributed by atoms with Crippen LogP contribution in [0.2, 0.25) is 18.1 Å². The maximum absolute atomic E-state index is 6.84. The molecule has 0 spiro atoms. The molecule has 0 atom stereocenters. The van der Waals surface area contributed by atoms with Gasteiger partial charge in [-0.2, -0.15) is 0 Å². The van der Waals surface area contributed by atoms with Gasteiger partial charge in [-0.1, -0.05) is 94.1 Å². The minimum absolute atomic E-state index is 0.646. The minimum atomic E-state index is -1.66. The molecule has 0 saturated carbocycles. The zero-order valence-electron chi connectivity index (χ0n) is 27.8. The SMILES string of the molecule is CCCC[Si](CCCC)(CCCC)OCCc1ccc(N=Nc2cc3sc(N=Nc4ccc(N(CC)CC)cc4)nc3s2)cc1. The van der Waals surface area contributed by atoms with Crippen LogP contribution in [0.25, 0.3) is 9.53 Å². The molecule has 10 heteroatoms. The number of aromatic nitrogens is 1. The lowest BCUT2D eigenvalue weighted by atomic mass is 10.1. The normalized spacial score (nSPS) is 12.3. The molecular weight excluding hydrogens is 613 g/mol. The summed E-state index contributed by atoms with van der Waals surface area (Å²) in [5, 5.41) is 19.2. The van der Waals surface area contributed by atoms with Crippen LogP contribution < -0.4 is 4.90 Å². The molecule has 0 aliphatic heterocycles. The van der Waals surface area contributed by atoms with Gasteiger partial charge in [0.1, 0.15) is 9.83 Å². The summed E-state index contributed by atoms with van der Waals surface area (Å²) in [4.78, 5) is 7.85. The second-order valence-corrected chi connectivity index (χ2v) is 17.8. The lowest BCUT2D eigenvalue weighted by molar-refractivity contribution is 0.297. The lowest BCUT2D eigenvalue weighted by Gasteiger charge is -2.32. The van der Waals surface area contributed by atoms with E-state index in [0.717, 1.165) is 52.0 Å². The highest BCUT2D eigenvalue weighted by Crippen LogP contribution is 2.39. The van der Waals surface area contributed by atoms with E-state index in [2.05, 4.69) is 101 Å². The van der Waals surface area contributed by atoms with Gasteiger partial charge in [0, 0.05) is 25.4 Å². The molecule has 0 saturated heterocycles. The highest BCUT2D eigenvalue weighted by Gasteiger charge is 2.32. The number of benzene rings is 2. The molecule has 2 aromatic carbocycles. The first-order valence-electron chi connectivity index (χ1n) is 16.8. The van der Waals surface area contributed by atoms with Crippen molar-refractivity contribution in [2.24, 2.45) is 20.5 Å². The first kappa shape index (κ1) is 35.1.